The highest BCUT2D eigenvalue weighted by molar-refractivity contribution is 5.82. The molecule has 3 aliphatic heterocycles. The summed E-state index contributed by atoms with van der Waals surface area (Å²) in [6.45, 7) is 5.37. The van der Waals surface area contributed by atoms with E-state index in [0.29, 0.717) is 25.6 Å². The van der Waals surface area contributed by atoms with Crippen molar-refractivity contribution in [3.05, 3.63) is 12.4 Å². The van der Waals surface area contributed by atoms with Crippen molar-refractivity contribution in [2.24, 2.45) is 0 Å². The van der Waals surface area contributed by atoms with Crippen LogP contribution in [0.15, 0.2) is 12.4 Å². The lowest BCUT2D eigenvalue weighted by Crippen LogP contribution is -2.52. The fraction of sp³-hybridized carbons (Fsp3) is 0.714. The zero-order valence-electron chi connectivity index (χ0n) is 17.8. The number of amides is 3. The van der Waals surface area contributed by atoms with Gasteiger partial charge in [0.25, 0.3) is 0 Å². The molecule has 2 N–H and O–H groups in total. The first-order chi connectivity index (χ1) is 15.2. The first-order valence-electron chi connectivity index (χ1n) is 11.4. The fourth-order valence-corrected chi connectivity index (χ4v) is 4.76. The monoisotopic (exact) mass is 429 g/mol. The number of morpholine rings is 1. The number of anilines is 2. The molecule has 0 spiro atoms. The summed E-state index contributed by atoms with van der Waals surface area (Å²) in [6.07, 6.45) is 6.14. The number of carbonyl (C=O) groups excluding carboxylic acids is 2. The summed E-state index contributed by atoms with van der Waals surface area (Å²) in [5.74, 6) is 1.98. The van der Waals surface area contributed by atoms with Crippen LogP contribution < -0.4 is 20.4 Å². The Bertz CT molecular complexity index is 812. The number of ether oxygens (including phenoxy) is 1. The Morgan fingerprint density at radius 2 is 1.71 bits per heavy atom. The normalized spacial score (nSPS) is 26.8. The lowest BCUT2D eigenvalue weighted by atomic mass is 10.1. The molecule has 4 aliphatic rings. The number of hydrogen-bond donors (Lipinski definition) is 2. The van der Waals surface area contributed by atoms with E-state index in [4.69, 9.17) is 4.74 Å². The number of piperidine rings is 1. The van der Waals surface area contributed by atoms with Gasteiger partial charge in [0.05, 0.1) is 19.3 Å². The summed E-state index contributed by atoms with van der Waals surface area (Å²) in [6, 6.07) is 2.21. The molecule has 2 unspecified atom stereocenters. The van der Waals surface area contributed by atoms with Crippen molar-refractivity contribution in [2.45, 2.75) is 50.2 Å². The van der Waals surface area contributed by atoms with E-state index in [2.05, 4.69) is 30.4 Å². The smallest absolute Gasteiger partial charge is 0.315 e. The number of nitrogens with one attached hydrogen (secondary N) is 2. The van der Waals surface area contributed by atoms with Crippen LogP contribution in [0.4, 0.5) is 16.4 Å². The van der Waals surface area contributed by atoms with Gasteiger partial charge in [-0.3, -0.25) is 4.79 Å². The molecule has 1 aliphatic carbocycles. The zero-order chi connectivity index (χ0) is 21.2. The molecule has 0 radical (unpaired) electrons. The Morgan fingerprint density at radius 1 is 0.968 bits per heavy atom. The van der Waals surface area contributed by atoms with Gasteiger partial charge in [-0.25, -0.2) is 14.8 Å². The second kappa shape index (κ2) is 8.86. The molecular weight excluding hydrogens is 398 g/mol. The maximum absolute atomic E-state index is 12.6. The van der Waals surface area contributed by atoms with Crippen molar-refractivity contribution in [2.75, 3.05) is 55.7 Å². The van der Waals surface area contributed by atoms with E-state index in [9.17, 15) is 9.59 Å². The van der Waals surface area contributed by atoms with Crippen molar-refractivity contribution in [1.82, 2.24) is 25.5 Å². The summed E-state index contributed by atoms with van der Waals surface area (Å²) < 4.78 is 5.43. The van der Waals surface area contributed by atoms with E-state index in [0.717, 1.165) is 70.2 Å². The van der Waals surface area contributed by atoms with Gasteiger partial charge in [-0.1, -0.05) is 0 Å². The van der Waals surface area contributed by atoms with E-state index in [1.54, 1.807) is 6.33 Å². The number of urea groups is 1. The Kier molecular flexibility index (Phi) is 5.80. The fourth-order valence-electron chi connectivity index (χ4n) is 4.76. The highest BCUT2D eigenvalue weighted by atomic mass is 16.5. The molecule has 2 atom stereocenters. The Hall–Kier alpha value is -2.62. The first-order valence-corrected chi connectivity index (χ1v) is 11.4. The van der Waals surface area contributed by atoms with Gasteiger partial charge in [-0.2, -0.15) is 0 Å². The minimum Gasteiger partial charge on any atom is -0.378 e. The van der Waals surface area contributed by atoms with Crippen LogP contribution >= 0.6 is 0 Å². The lowest BCUT2D eigenvalue weighted by Gasteiger charge is -2.35. The van der Waals surface area contributed by atoms with Gasteiger partial charge >= 0.3 is 6.03 Å². The van der Waals surface area contributed by atoms with E-state index >= 15 is 0 Å². The molecule has 10 nitrogen and oxygen atoms in total. The standard InChI is InChI=1S/C21H31N7O3/c29-20-10-16(13-28(20)17-3-4-17)25-21(30)24-15-2-1-5-27(12-15)19-11-18(22-14-23-19)26-6-8-31-9-7-26/h11,14-17H,1-10,12-13H2,(H2,24,25,30). The second-order valence-corrected chi connectivity index (χ2v) is 8.92. The topological polar surface area (TPSA) is 103 Å². The molecule has 5 rings (SSSR count). The third-order valence-electron chi connectivity index (χ3n) is 6.54. The summed E-state index contributed by atoms with van der Waals surface area (Å²) in [5, 5.41) is 6.11. The van der Waals surface area contributed by atoms with Crippen LogP contribution in [0, 0.1) is 0 Å². The van der Waals surface area contributed by atoms with Crippen LogP contribution in [-0.4, -0.2) is 90.9 Å². The molecule has 1 aromatic heterocycles. The lowest BCUT2D eigenvalue weighted by molar-refractivity contribution is -0.128. The summed E-state index contributed by atoms with van der Waals surface area (Å²) in [7, 11) is 0. The molecule has 0 bridgehead atoms. The van der Waals surface area contributed by atoms with Crippen molar-refractivity contribution in [3.8, 4) is 0 Å². The van der Waals surface area contributed by atoms with Gasteiger partial charge in [0.2, 0.25) is 5.91 Å². The third-order valence-corrected chi connectivity index (χ3v) is 6.54. The predicted octanol–water partition coefficient (Wildman–Crippen LogP) is 0.345. The molecule has 3 saturated heterocycles. The Balaban J connectivity index is 1.14. The molecular formula is C21H31N7O3. The van der Waals surface area contributed by atoms with E-state index in [1.165, 1.54) is 0 Å². The average molecular weight is 430 g/mol. The van der Waals surface area contributed by atoms with Crippen molar-refractivity contribution in [3.63, 3.8) is 0 Å². The highest BCUT2D eigenvalue weighted by Crippen LogP contribution is 2.30. The largest absolute Gasteiger partial charge is 0.378 e. The van der Waals surface area contributed by atoms with Crippen molar-refractivity contribution < 1.29 is 14.3 Å². The van der Waals surface area contributed by atoms with Gasteiger partial charge in [0.1, 0.15) is 18.0 Å². The number of likely N-dealkylation sites (tertiary alicyclic amines) is 1. The van der Waals surface area contributed by atoms with E-state index in [1.807, 2.05) is 11.0 Å². The van der Waals surface area contributed by atoms with Gasteiger partial charge in [-0.15, -0.1) is 0 Å². The second-order valence-electron chi connectivity index (χ2n) is 8.92. The molecule has 1 saturated carbocycles. The first kappa shape index (κ1) is 20.3. The summed E-state index contributed by atoms with van der Waals surface area (Å²) in [4.78, 5) is 39.9. The summed E-state index contributed by atoms with van der Waals surface area (Å²) >= 11 is 0. The van der Waals surface area contributed by atoms with E-state index in [-0.39, 0.29) is 24.0 Å². The van der Waals surface area contributed by atoms with Crippen LogP contribution in [0.2, 0.25) is 0 Å². The summed E-state index contributed by atoms with van der Waals surface area (Å²) in [5.41, 5.74) is 0. The van der Waals surface area contributed by atoms with Crippen LogP contribution in [0.25, 0.3) is 0 Å². The molecule has 4 heterocycles. The van der Waals surface area contributed by atoms with Crippen LogP contribution in [-0.2, 0) is 9.53 Å². The van der Waals surface area contributed by atoms with Gasteiger partial charge in [0.15, 0.2) is 0 Å². The SMILES string of the molecule is O=C(NC1CCCN(c2cc(N3CCOCC3)ncn2)C1)NC1CC(=O)N(C2CC2)C1. The van der Waals surface area contributed by atoms with Crippen molar-refractivity contribution >= 4 is 23.6 Å². The van der Waals surface area contributed by atoms with Crippen LogP contribution in [0.3, 0.4) is 0 Å². The molecule has 3 amide bonds. The number of nitrogens with zero attached hydrogens (tertiary/aromatic N) is 5. The van der Waals surface area contributed by atoms with E-state index < -0.39 is 0 Å². The number of hydrogen-bond acceptors (Lipinski definition) is 7. The maximum Gasteiger partial charge on any atom is 0.315 e. The van der Waals surface area contributed by atoms with Gasteiger partial charge < -0.3 is 30.1 Å². The highest BCUT2D eigenvalue weighted by Gasteiger charge is 2.39. The minimum atomic E-state index is -0.181. The van der Waals surface area contributed by atoms with Crippen molar-refractivity contribution in [1.29, 1.82) is 0 Å². The molecule has 31 heavy (non-hydrogen) atoms. The minimum absolute atomic E-state index is 0.0483. The zero-order valence-corrected chi connectivity index (χ0v) is 17.8. The molecule has 10 heteroatoms. The molecule has 4 fully saturated rings. The molecule has 1 aromatic rings. The predicted molar refractivity (Wildman–Crippen MR) is 115 cm³/mol. The number of rotatable bonds is 5. The maximum atomic E-state index is 12.6. The Morgan fingerprint density at radius 3 is 2.48 bits per heavy atom. The molecule has 0 aromatic carbocycles. The van der Waals surface area contributed by atoms with Crippen LogP contribution in [0.5, 0.6) is 0 Å². The quantitative estimate of drug-likeness (QED) is 0.696. The third kappa shape index (κ3) is 4.84. The average Bonchev–Trinajstić information content (AvgIpc) is 3.57. The Labute approximate surface area is 182 Å². The van der Waals surface area contributed by atoms with Gasteiger partial charge in [0, 0.05) is 57.3 Å². The number of aromatic nitrogens is 2. The molecule has 168 valence electrons. The number of carbonyl (C=O) groups is 2. The van der Waals surface area contributed by atoms with Gasteiger partial charge in [-0.05, 0) is 25.7 Å². The van der Waals surface area contributed by atoms with Crippen LogP contribution in [0.1, 0.15) is 32.1 Å².